The van der Waals surface area contributed by atoms with E-state index in [1.54, 1.807) is 18.7 Å². The van der Waals surface area contributed by atoms with Gasteiger partial charge in [-0.3, -0.25) is 4.79 Å². The summed E-state index contributed by atoms with van der Waals surface area (Å²) in [7, 11) is 1.51. The van der Waals surface area contributed by atoms with E-state index in [2.05, 4.69) is 5.16 Å². The van der Waals surface area contributed by atoms with Gasteiger partial charge in [0, 0.05) is 26.6 Å². The summed E-state index contributed by atoms with van der Waals surface area (Å²) in [5.74, 6) is 0.366. The third kappa shape index (κ3) is 5.35. The van der Waals surface area contributed by atoms with Crippen LogP contribution in [0.4, 0.5) is 0 Å². The van der Waals surface area contributed by atoms with Gasteiger partial charge in [-0.2, -0.15) is 0 Å². The Kier molecular flexibility index (Phi) is 6.68. The zero-order chi connectivity index (χ0) is 14.3. The minimum Gasteiger partial charge on any atom is -0.409 e. The lowest BCUT2D eigenvalue weighted by Crippen LogP contribution is -2.48. The van der Waals surface area contributed by atoms with E-state index >= 15 is 0 Å². The largest absolute Gasteiger partial charge is 0.409 e. The van der Waals surface area contributed by atoms with Crippen molar-refractivity contribution in [3.63, 3.8) is 0 Å². The summed E-state index contributed by atoms with van der Waals surface area (Å²) in [5.41, 5.74) is 4.56. The number of nitrogens with two attached hydrogens (primary N) is 1. The molecule has 0 heterocycles. The minimum atomic E-state index is -0.861. The molecule has 0 spiro atoms. The number of nitrogens with zero attached hydrogens (tertiary/aromatic N) is 2. The zero-order valence-electron chi connectivity index (χ0n) is 11.9. The molecule has 0 aliphatic rings. The zero-order valence-corrected chi connectivity index (χ0v) is 11.9. The van der Waals surface area contributed by atoms with Crippen LogP contribution in [-0.2, 0) is 9.53 Å². The van der Waals surface area contributed by atoms with Crippen LogP contribution < -0.4 is 5.73 Å². The summed E-state index contributed by atoms with van der Waals surface area (Å²) in [6.07, 6.45) is 0.342. The number of amides is 1. The molecule has 0 aromatic rings. The maximum atomic E-state index is 12.3. The first-order valence-electron chi connectivity index (χ1n) is 6.05. The first kappa shape index (κ1) is 16.7. The van der Waals surface area contributed by atoms with Crippen molar-refractivity contribution in [2.45, 2.75) is 39.7 Å². The number of hydrogen-bond donors (Lipinski definition) is 2. The predicted molar refractivity (Wildman–Crippen MR) is 70.5 cm³/mol. The summed E-state index contributed by atoms with van der Waals surface area (Å²) >= 11 is 0. The highest BCUT2D eigenvalue weighted by molar-refractivity contribution is 5.85. The standard InChI is InChI=1S/C12H25N3O3/c1-9(2)8-15(7-6-10(13)14-17)11(16)12(3,4)18-5/h9,17H,6-8H2,1-5H3,(H2,13,14). The molecular weight excluding hydrogens is 234 g/mol. The van der Waals surface area contributed by atoms with Crippen LogP contribution in [0.15, 0.2) is 5.16 Å². The van der Waals surface area contributed by atoms with Gasteiger partial charge in [-0.15, -0.1) is 0 Å². The molecule has 6 nitrogen and oxygen atoms in total. The van der Waals surface area contributed by atoms with E-state index in [0.29, 0.717) is 25.4 Å². The number of ether oxygens (including phenoxy) is 1. The monoisotopic (exact) mass is 259 g/mol. The highest BCUT2D eigenvalue weighted by Crippen LogP contribution is 2.14. The maximum Gasteiger partial charge on any atom is 0.254 e. The Hall–Kier alpha value is -1.30. The highest BCUT2D eigenvalue weighted by atomic mass is 16.5. The summed E-state index contributed by atoms with van der Waals surface area (Å²) in [5, 5.41) is 11.4. The van der Waals surface area contributed by atoms with Gasteiger partial charge < -0.3 is 20.6 Å². The maximum absolute atomic E-state index is 12.3. The van der Waals surface area contributed by atoms with Gasteiger partial charge in [-0.1, -0.05) is 19.0 Å². The summed E-state index contributed by atoms with van der Waals surface area (Å²) < 4.78 is 5.19. The van der Waals surface area contributed by atoms with E-state index < -0.39 is 5.60 Å². The van der Waals surface area contributed by atoms with Crippen LogP contribution in [0.5, 0.6) is 0 Å². The summed E-state index contributed by atoms with van der Waals surface area (Å²) in [6, 6.07) is 0. The molecular formula is C12H25N3O3. The molecule has 3 N–H and O–H groups in total. The fourth-order valence-corrected chi connectivity index (χ4v) is 1.48. The van der Waals surface area contributed by atoms with Crippen molar-refractivity contribution in [2.75, 3.05) is 20.2 Å². The van der Waals surface area contributed by atoms with Crippen LogP contribution in [-0.4, -0.2) is 47.7 Å². The van der Waals surface area contributed by atoms with Crippen LogP contribution in [0.1, 0.15) is 34.1 Å². The molecule has 0 saturated heterocycles. The molecule has 0 atom stereocenters. The molecule has 1 amide bonds. The van der Waals surface area contributed by atoms with Gasteiger partial charge >= 0.3 is 0 Å². The third-order valence-electron chi connectivity index (χ3n) is 2.66. The lowest BCUT2D eigenvalue weighted by molar-refractivity contribution is -0.151. The second-order valence-electron chi connectivity index (χ2n) is 5.20. The third-order valence-corrected chi connectivity index (χ3v) is 2.66. The van der Waals surface area contributed by atoms with Crippen molar-refractivity contribution < 1.29 is 14.7 Å². The SMILES string of the molecule is COC(C)(C)C(=O)N(CCC(N)=NO)CC(C)C. The van der Waals surface area contributed by atoms with Gasteiger partial charge in [0.1, 0.15) is 11.4 Å². The van der Waals surface area contributed by atoms with Gasteiger partial charge in [0.15, 0.2) is 0 Å². The average molecular weight is 259 g/mol. The number of hydrogen-bond acceptors (Lipinski definition) is 4. The normalized spacial score (nSPS) is 12.9. The summed E-state index contributed by atoms with van der Waals surface area (Å²) in [6.45, 7) is 8.55. The topological polar surface area (TPSA) is 88.2 Å². The van der Waals surface area contributed by atoms with Gasteiger partial charge in [-0.05, 0) is 19.8 Å². The number of carbonyl (C=O) groups is 1. The van der Waals surface area contributed by atoms with E-state index in [9.17, 15) is 4.79 Å². The minimum absolute atomic E-state index is 0.0931. The Morgan fingerprint density at radius 2 is 2.06 bits per heavy atom. The molecule has 0 aliphatic heterocycles. The van der Waals surface area contributed by atoms with Crippen LogP contribution in [0.25, 0.3) is 0 Å². The number of amidine groups is 1. The van der Waals surface area contributed by atoms with Crippen molar-refractivity contribution in [3.05, 3.63) is 0 Å². The Morgan fingerprint density at radius 3 is 2.44 bits per heavy atom. The Morgan fingerprint density at radius 1 is 1.50 bits per heavy atom. The fraction of sp³-hybridized carbons (Fsp3) is 0.833. The second-order valence-corrected chi connectivity index (χ2v) is 5.20. The molecule has 0 aromatic carbocycles. The van der Waals surface area contributed by atoms with Crippen molar-refractivity contribution in [2.24, 2.45) is 16.8 Å². The van der Waals surface area contributed by atoms with E-state index in [4.69, 9.17) is 15.7 Å². The molecule has 0 saturated carbocycles. The van der Waals surface area contributed by atoms with Gasteiger partial charge in [0.25, 0.3) is 5.91 Å². The smallest absolute Gasteiger partial charge is 0.254 e. The number of oxime groups is 1. The van der Waals surface area contributed by atoms with Crippen LogP contribution in [0.3, 0.4) is 0 Å². The quantitative estimate of drug-likeness (QED) is 0.309. The van der Waals surface area contributed by atoms with Crippen LogP contribution in [0.2, 0.25) is 0 Å². The molecule has 106 valence electrons. The molecule has 0 bridgehead atoms. The molecule has 0 aliphatic carbocycles. The van der Waals surface area contributed by atoms with E-state index in [1.165, 1.54) is 7.11 Å². The summed E-state index contributed by atoms with van der Waals surface area (Å²) in [4.78, 5) is 14.0. The van der Waals surface area contributed by atoms with Crippen LogP contribution in [0, 0.1) is 5.92 Å². The number of rotatable bonds is 7. The Labute approximate surface area is 109 Å². The Bertz CT molecular complexity index is 301. The fourth-order valence-electron chi connectivity index (χ4n) is 1.48. The number of carbonyl (C=O) groups excluding carboxylic acids is 1. The Balaban J connectivity index is 4.72. The molecule has 0 radical (unpaired) electrons. The number of methoxy groups -OCH3 is 1. The van der Waals surface area contributed by atoms with Crippen molar-refractivity contribution in [3.8, 4) is 0 Å². The van der Waals surface area contributed by atoms with Gasteiger partial charge in [0.2, 0.25) is 0 Å². The van der Waals surface area contributed by atoms with Gasteiger partial charge in [0.05, 0.1) is 0 Å². The van der Waals surface area contributed by atoms with Gasteiger partial charge in [-0.25, -0.2) is 0 Å². The van der Waals surface area contributed by atoms with Crippen molar-refractivity contribution >= 4 is 11.7 Å². The van der Waals surface area contributed by atoms with Crippen molar-refractivity contribution in [1.29, 1.82) is 0 Å². The molecule has 0 fully saturated rings. The molecule has 6 heteroatoms. The second kappa shape index (κ2) is 7.20. The van der Waals surface area contributed by atoms with E-state index in [1.807, 2.05) is 13.8 Å². The van der Waals surface area contributed by atoms with E-state index in [-0.39, 0.29) is 11.7 Å². The average Bonchev–Trinajstić information content (AvgIpc) is 2.32. The molecule has 18 heavy (non-hydrogen) atoms. The highest BCUT2D eigenvalue weighted by Gasteiger charge is 2.31. The lowest BCUT2D eigenvalue weighted by Gasteiger charge is -2.32. The first-order valence-corrected chi connectivity index (χ1v) is 6.05. The van der Waals surface area contributed by atoms with Crippen LogP contribution >= 0.6 is 0 Å². The lowest BCUT2D eigenvalue weighted by atomic mass is 10.1. The van der Waals surface area contributed by atoms with E-state index in [0.717, 1.165) is 0 Å². The first-order chi connectivity index (χ1) is 8.24. The molecule has 0 aromatic heterocycles. The van der Waals surface area contributed by atoms with Crippen molar-refractivity contribution in [1.82, 2.24) is 4.90 Å². The predicted octanol–water partition coefficient (Wildman–Crippen LogP) is 1.03. The molecule has 0 unspecified atom stereocenters. The molecule has 0 rings (SSSR count).